The SMILES string of the molecule is CCNc1nnc(CN(C)CCN(C)C)s1. The van der Waals surface area contributed by atoms with Gasteiger partial charge in [0.15, 0.2) is 0 Å². The number of hydrogen-bond donors (Lipinski definition) is 1. The van der Waals surface area contributed by atoms with Gasteiger partial charge in [-0.25, -0.2) is 0 Å². The first-order valence-electron chi connectivity index (χ1n) is 5.51. The van der Waals surface area contributed by atoms with Gasteiger partial charge in [-0.2, -0.15) is 0 Å². The second-order valence-corrected chi connectivity index (χ2v) is 5.13. The molecule has 6 heteroatoms. The predicted octanol–water partition coefficient (Wildman–Crippen LogP) is 0.963. The van der Waals surface area contributed by atoms with E-state index in [0.717, 1.165) is 36.3 Å². The van der Waals surface area contributed by atoms with E-state index in [1.807, 2.05) is 0 Å². The van der Waals surface area contributed by atoms with Crippen LogP contribution in [0.1, 0.15) is 11.9 Å². The lowest BCUT2D eigenvalue weighted by atomic mass is 10.5. The van der Waals surface area contributed by atoms with Crippen LogP contribution in [-0.2, 0) is 6.54 Å². The number of aromatic nitrogens is 2. The average molecular weight is 243 g/mol. The number of rotatable bonds is 7. The van der Waals surface area contributed by atoms with Crippen molar-refractivity contribution in [2.45, 2.75) is 13.5 Å². The van der Waals surface area contributed by atoms with Crippen molar-refractivity contribution in [3.05, 3.63) is 5.01 Å². The van der Waals surface area contributed by atoms with E-state index in [4.69, 9.17) is 0 Å². The molecule has 0 radical (unpaired) electrons. The highest BCUT2D eigenvalue weighted by atomic mass is 32.1. The molecule has 0 spiro atoms. The van der Waals surface area contributed by atoms with E-state index in [-0.39, 0.29) is 0 Å². The van der Waals surface area contributed by atoms with E-state index >= 15 is 0 Å². The van der Waals surface area contributed by atoms with Crippen molar-refractivity contribution in [1.82, 2.24) is 20.0 Å². The topological polar surface area (TPSA) is 44.3 Å². The number of nitrogens with one attached hydrogen (secondary N) is 1. The Kier molecular flexibility index (Phi) is 5.65. The molecule has 0 aliphatic heterocycles. The molecule has 5 nitrogen and oxygen atoms in total. The summed E-state index contributed by atoms with van der Waals surface area (Å²) in [6.45, 7) is 5.94. The normalized spacial score (nSPS) is 11.4. The Morgan fingerprint density at radius 2 is 1.94 bits per heavy atom. The van der Waals surface area contributed by atoms with Gasteiger partial charge in [-0.3, -0.25) is 4.90 Å². The van der Waals surface area contributed by atoms with Crippen molar-refractivity contribution in [2.75, 3.05) is 46.1 Å². The van der Waals surface area contributed by atoms with E-state index in [0.29, 0.717) is 0 Å². The second kappa shape index (κ2) is 6.78. The fourth-order valence-electron chi connectivity index (χ4n) is 1.22. The van der Waals surface area contributed by atoms with Crippen LogP contribution in [0.3, 0.4) is 0 Å². The highest BCUT2D eigenvalue weighted by molar-refractivity contribution is 7.15. The maximum atomic E-state index is 4.15. The standard InChI is InChI=1S/C10H21N5S/c1-5-11-10-13-12-9(16-10)8-15(4)7-6-14(2)3/h5-8H2,1-4H3,(H,11,13). The van der Waals surface area contributed by atoms with E-state index in [1.165, 1.54) is 0 Å². The van der Waals surface area contributed by atoms with Gasteiger partial charge >= 0.3 is 0 Å². The van der Waals surface area contributed by atoms with Crippen LogP contribution < -0.4 is 5.32 Å². The summed E-state index contributed by atoms with van der Waals surface area (Å²) in [4.78, 5) is 4.44. The van der Waals surface area contributed by atoms with Crippen LogP contribution in [0.2, 0.25) is 0 Å². The molecule has 0 unspecified atom stereocenters. The molecule has 0 aliphatic carbocycles. The monoisotopic (exact) mass is 243 g/mol. The third-order valence-corrected chi connectivity index (χ3v) is 2.99. The number of nitrogens with zero attached hydrogens (tertiary/aromatic N) is 4. The fraction of sp³-hybridized carbons (Fsp3) is 0.800. The lowest BCUT2D eigenvalue weighted by Crippen LogP contribution is -2.28. The van der Waals surface area contributed by atoms with Crippen molar-refractivity contribution < 1.29 is 0 Å². The van der Waals surface area contributed by atoms with Crippen molar-refractivity contribution >= 4 is 16.5 Å². The van der Waals surface area contributed by atoms with Gasteiger partial charge in [0, 0.05) is 19.6 Å². The Labute approximate surface area is 101 Å². The van der Waals surface area contributed by atoms with Crippen LogP contribution >= 0.6 is 11.3 Å². The minimum Gasteiger partial charge on any atom is -0.360 e. The number of hydrogen-bond acceptors (Lipinski definition) is 6. The van der Waals surface area contributed by atoms with Gasteiger partial charge in [0.2, 0.25) is 5.13 Å². The largest absolute Gasteiger partial charge is 0.360 e. The molecule has 1 heterocycles. The summed E-state index contributed by atoms with van der Waals surface area (Å²) >= 11 is 1.63. The smallest absolute Gasteiger partial charge is 0.205 e. The van der Waals surface area contributed by atoms with Crippen LogP contribution in [0.5, 0.6) is 0 Å². The Hall–Kier alpha value is -0.720. The van der Waals surface area contributed by atoms with E-state index < -0.39 is 0 Å². The molecule has 0 aliphatic rings. The molecule has 1 aromatic heterocycles. The first kappa shape index (κ1) is 13.3. The highest BCUT2D eigenvalue weighted by Gasteiger charge is 2.06. The first-order chi connectivity index (χ1) is 7.61. The minimum atomic E-state index is 0.872. The third kappa shape index (κ3) is 4.87. The van der Waals surface area contributed by atoms with Crippen molar-refractivity contribution in [3.8, 4) is 0 Å². The molecular formula is C10H21N5S. The maximum absolute atomic E-state index is 4.15. The number of anilines is 1. The number of likely N-dealkylation sites (N-methyl/N-ethyl adjacent to an activating group) is 2. The molecule has 0 saturated carbocycles. The Morgan fingerprint density at radius 1 is 1.19 bits per heavy atom. The van der Waals surface area contributed by atoms with E-state index in [1.54, 1.807) is 11.3 Å². The van der Waals surface area contributed by atoms with Gasteiger partial charge in [0.05, 0.1) is 6.54 Å². The molecule has 16 heavy (non-hydrogen) atoms. The quantitative estimate of drug-likeness (QED) is 0.773. The van der Waals surface area contributed by atoms with Crippen LogP contribution in [0.15, 0.2) is 0 Å². The lowest BCUT2D eigenvalue weighted by molar-refractivity contribution is 0.275. The molecule has 1 N–H and O–H groups in total. The fourth-order valence-corrected chi connectivity index (χ4v) is 2.11. The molecular weight excluding hydrogens is 222 g/mol. The summed E-state index contributed by atoms with van der Waals surface area (Å²) in [5.74, 6) is 0. The highest BCUT2D eigenvalue weighted by Crippen LogP contribution is 2.15. The summed E-state index contributed by atoms with van der Waals surface area (Å²) in [5.41, 5.74) is 0. The van der Waals surface area contributed by atoms with Gasteiger partial charge < -0.3 is 10.2 Å². The van der Waals surface area contributed by atoms with E-state index in [2.05, 4.69) is 53.4 Å². The summed E-state index contributed by atoms with van der Waals surface area (Å²) in [7, 11) is 6.28. The molecule has 0 aromatic carbocycles. The van der Waals surface area contributed by atoms with Crippen molar-refractivity contribution in [1.29, 1.82) is 0 Å². The molecule has 1 rings (SSSR count). The molecule has 92 valence electrons. The van der Waals surface area contributed by atoms with Gasteiger partial charge in [-0.15, -0.1) is 10.2 Å². The van der Waals surface area contributed by atoms with Crippen LogP contribution in [0.25, 0.3) is 0 Å². The Balaban J connectivity index is 2.34. The average Bonchev–Trinajstić information content (AvgIpc) is 2.63. The molecule has 1 aromatic rings. The third-order valence-electron chi connectivity index (χ3n) is 2.13. The lowest BCUT2D eigenvalue weighted by Gasteiger charge is -2.17. The molecule has 0 fully saturated rings. The van der Waals surface area contributed by atoms with Gasteiger partial charge in [-0.05, 0) is 28.1 Å². The molecule has 0 amide bonds. The maximum Gasteiger partial charge on any atom is 0.205 e. The predicted molar refractivity (Wildman–Crippen MR) is 69.0 cm³/mol. The Morgan fingerprint density at radius 3 is 2.56 bits per heavy atom. The van der Waals surface area contributed by atoms with E-state index in [9.17, 15) is 0 Å². The summed E-state index contributed by atoms with van der Waals surface area (Å²) < 4.78 is 0. The van der Waals surface area contributed by atoms with Crippen LogP contribution in [0, 0.1) is 0 Å². The summed E-state index contributed by atoms with van der Waals surface area (Å²) in [5, 5.41) is 13.4. The van der Waals surface area contributed by atoms with Gasteiger partial charge in [-0.1, -0.05) is 11.3 Å². The molecule has 0 atom stereocenters. The minimum absolute atomic E-state index is 0.872. The van der Waals surface area contributed by atoms with Crippen LogP contribution in [0.4, 0.5) is 5.13 Å². The van der Waals surface area contributed by atoms with Gasteiger partial charge in [0.25, 0.3) is 0 Å². The van der Waals surface area contributed by atoms with Gasteiger partial charge in [0.1, 0.15) is 5.01 Å². The summed E-state index contributed by atoms with van der Waals surface area (Å²) in [6.07, 6.45) is 0. The van der Waals surface area contributed by atoms with Crippen molar-refractivity contribution in [2.24, 2.45) is 0 Å². The molecule has 0 saturated heterocycles. The second-order valence-electron chi connectivity index (χ2n) is 4.07. The van der Waals surface area contributed by atoms with Crippen molar-refractivity contribution in [3.63, 3.8) is 0 Å². The zero-order valence-electron chi connectivity index (χ0n) is 10.5. The molecule has 0 bridgehead atoms. The first-order valence-corrected chi connectivity index (χ1v) is 6.33. The Bertz CT molecular complexity index is 299. The summed E-state index contributed by atoms with van der Waals surface area (Å²) in [6, 6.07) is 0. The zero-order valence-corrected chi connectivity index (χ0v) is 11.3. The zero-order chi connectivity index (χ0) is 12.0. The van der Waals surface area contributed by atoms with Crippen LogP contribution in [-0.4, -0.2) is 60.8 Å².